The highest BCUT2D eigenvalue weighted by Gasteiger charge is 2.57. The Balaban J connectivity index is 1.14. The van der Waals surface area contributed by atoms with Gasteiger partial charge in [-0.05, 0) is 113 Å². The van der Waals surface area contributed by atoms with Gasteiger partial charge in [-0.15, -0.1) is 0 Å². The van der Waals surface area contributed by atoms with Crippen LogP contribution in [0.5, 0.6) is 0 Å². The summed E-state index contributed by atoms with van der Waals surface area (Å²) in [5.41, 5.74) is 19.4. The zero-order valence-corrected chi connectivity index (χ0v) is 28.3. The zero-order valence-electron chi connectivity index (χ0n) is 28.3. The molecule has 240 valence electrons. The second-order valence-electron chi connectivity index (χ2n) is 14.4. The predicted octanol–water partition coefficient (Wildman–Crippen LogP) is 13.5. The molecule has 0 fully saturated rings. The van der Waals surface area contributed by atoms with E-state index in [1.54, 1.807) is 0 Å². The molecule has 0 N–H and O–H groups in total. The number of hydrogen-bond acceptors (Lipinski definition) is 1. The SMILES string of the molecule is c1cc(-c2cccc3ccccc23)cc(N(c2ccc3c(c2)[C@@]24c5ccccc5-c5cccc(c52)-c2cccc-3c24)c2cccc3ccccc23)c1. The van der Waals surface area contributed by atoms with Crippen LogP contribution < -0.4 is 4.90 Å². The summed E-state index contributed by atoms with van der Waals surface area (Å²) in [6.45, 7) is 0. The van der Waals surface area contributed by atoms with Gasteiger partial charge in [0.15, 0.2) is 0 Å². The lowest BCUT2D eigenvalue weighted by Crippen LogP contribution is -2.23. The van der Waals surface area contributed by atoms with Crippen molar-refractivity contribution in [1.29, 1.82) is 0 Å². The molecule has 9 aromatic carbocycles. The Morgan fingerprint density at radius 1 is 0.327 bits per heavy atom. The second kappa shape index (κ2) is 10.2. The van der Waals surface area contributed by atoms with Crippen molar-refractivity contribution in [1.82, 2.24) is 0 Å². The summed E-state index contributed by atoms with van der Waals surface area (Å²) in [6.07, 6.45) is 0. The first-order valence-corrected chi connectivity index (χ1v) is 18.2. The van der Waals surface area contributed by atoms with Crippen molar-refractivity contribution in [2.24, 2.45) is 0 Å². The Morgan fingerprint density at radius 3 is 1.63 bits per heavy atom. The molecule has 3 aliphatic rings. The summed E-state index contributed by atoms with van der Waals surface area (Å²) < 4.78 is 0. The molecule has 52 heavy (non-hydrogen) atoms. The smallest absolute Gasteiger partial charge is 0.0738 e. The van der Waals surface area contributed by atoms with Gasteiger partial charge in [-0.25, -0.2) is 0 Å². The molecule has 1 nitrogen and oxygen atoms in total. The van der Waals surface area contributed by atoms with Gasteiger partial charge in [0.2, 0.25) is 0 Å². The Bertz CT molecular complexity index is 2940. The molecule has 1 atom stereocenters. The van der Waals surface area contributed by atoms with Gasteiger partial charge in [0, 0.05) is 16.8 Å². The lowest BCUT2D eigenvalue weighted by Gasteiger charge is -2.31. The van der Waals surface area contributed by atoms with Crippen LogP contribution in [0.2, 0.25) is 0 Å². The van der Waals surface area contributed by atoms with Crippen LogP contribution in [0.4, 0.5) is 17.1 Å². The Kier molecular flexibility index (Phi) is 5.49. The molecule has 1 spiro atoms. The van der Waals surface area contributed by atoms with Crippen LogP contribution in [0, 0.1) is 0 Å². The Labute approximate surface area is 302 Å². The average molecular weight is 658 g/mol. The van der Waals surface area contributed by atoms with E-state index in [-0.39, 0.29) is 5.41 Å². The molecule has 0 saturated carbocycles. The van der Waals surface area contributed by atoms with Gasteiger partial charge in [-0.3, -0.25) is 0 Å². The largest absolute Gasteiger partial charge is 0.310 e. The average Bonchev–Trinajstić information content (AvgIpc) is 3.81. The number of benzene rings is 9. The topological polar surface area (TPSA) is 3.24 Å². The van der Waals surface area contributed by atoms with Crippen LogP contribution >= 0.6 is 0 Å². The molecule has 0 aromatic heterocycles. The standard InChI is InChI=1S/C51H31N/c1-3-18-37-32(12-1)14-8-21-38(37)34-16-7-17-35(30-34)52(48-27-9-15-33-13-2-4-19-39(33)48)36-28-29-41-43-23-11-25-45-44-24-10-22-42-40-20-5-6-26-46(40)51(49(42)44,50(43)45)47(41)31-36/h1-31H/t51-/m0/s1. The molecule has 0 radical (unpaired) electrons. The van der Waals surface area contributed by atoms with Crippen molar-refractivity contribution in [2.75, 3.05) is 4.90 Å². The van der Waals surface area contributed by atoms with Gasteiger partial charge in [-0.1, -0.05) is 158 Å². The summed E-state index contributed by atoms with van der Waals surface area (Å²) in [5, 5.41) is 4.97. The van der Waals surface area contributed by atoms with Crippen molar-refractivity contribution >= 4 is 38.6 Å². The van der Waals surface area contributed by atoms with Crippen LogP contribution in [0.25, 0.3) is 66.1 Å². The zero-order chi connectivity index (χ0) is 34.0. The maximum atomic E-state index is 2.51. The van der Waals surface area contributed by atoms with Crippen LogP contribution in [0.3, 0.4) is 0 Å². The third-order valence-corrected chi connectivity index (χ3v) is 12.0. The fourth-order valence-corrected chi connectivity index (χ4v) is 10.0. The molecule has 0 aliphatic heterocycles. The number of hydrogen-bond donors (Lipinski definition) is 0. The van der Waals surface area contributed by atoms with E-state index in [4.69, 9.17) is 0 Å². The van der Waals surface area contributed by atoms with Crippen LogP contribution in [-0.4, -0.2) is 0 Å². The van der Waals surface area contributed by atoms with E-state index in [9.17, 15) is 0 Å². The first-order valence-electron chi connectivity index (χ1n) is 18.2. The molecular formula is C51H31N. The molecule has 0 heterocycles. The highest BCUT2D eigenvalue weighted by Crippen LogP contribution is 2.70. The summed E-state index contributed by atoms with van der Waals surface area (Å²) >= 11 is 0. The maximum absolute atomic E-state index is 2.51. The maximum Gasteiger partial charge on any atom is 0.0738 e. The van der Waals surface area contributed by atoms with E-state index >= 15 is 0 Å². The van der Waals surface area contributed by atoms with E-state index in [2.05, 4.69) is 193 Å². The van der Waals surface area contributed by atoms with Gasteiger partial charge in [0.05, 0.1) is 11.1 Å². The summed E-state index contributed by atoms with van der Waals surface area (Å²) in [6, 6.07) is 70.1. The van der Waals surface area contributed by atoms with Crippen molar-refractivity contribution in [3.05, 3.63) is 210 Å². The lowest BCUT2D eigenvalue weighted by molar-refractivity contribution is 0.818. The third kappa shape index (κ3) is 3.48. The van der Waals surface area contributed by atoms with Crippen LogP contribution in [-0.2, 0) is 5.41 Å². The summed E-state index contributed by atoms with van der Waals surface area (Å²) in [7, 11) is 0. The molecule has 1 heteroatoms. The molecule has 0 saturated heterocycles. The van der Waals surface area contributed by atoms with Crippen molar-refractivity contribution < 1.29 is 0 Å². The molecule has 0 unspecified atom stereocenters. The Hall–Kier alpha value is -6.70. The molecular weight excluding hydrogens is 627 g/mol. The van der Waals surface area contributed by atoms with Crippen LogP contribution in [0.1, 0.15) is 22.3 Å². The number of fused-ring (bicyclic) bond motifs is 7. The fourth-order valence-electron chi connectivity index (χ4n) is 10.0. The summed E-state index contributed by atoms with van der Waals surface area (Å²) in [5.74, 6) is 0. The van der Waals surface area contributed by atoms with Gasteiger partial charge >= 0.3 is 0 Å². The number of rotatable bonds is 4. The quantitative estimate of drug-likeness (QED) is 0.182. The van der Waals surface area contributed by atoms with E-state index < -0.39 is 0 Å². The minimum Gasteiger partial charge on any atom is -0.310 e. The highest BCUT2D eigenvalue weighted by atomic mass is 15.1. The van der Waals surface area contributed by atoms with E-state index in [1.807, 2.05) is 0 Å². The van der Waals surface area contributed by atoms with Crippen molar-refractivity contribution in [3.63, 3.8) is 0 Å². The van der Waals surface area contributed by atoms with E-state index in [0.29, 0.717) is 0 Å². The second-order valence-corrected chi connectivity index (χ2v) is 14.4. The fraction of sp³-hybridized carbons (Fsp3) is 0.0196. The molecule has 12 rings (SSSR count). The molecule has 3 aliphatic carbocycles. The van der Waals surface area contributed by atoms with E-state index in [1.165, 1.54) is 94.0 Å². The van der Waals surface area contributed by atoms with Crippen molar-refractivity contribution in [2.45, 2.75) is 5.41 Å². The number of nitrogens with zero attached hydrogens (tertiary/aromatic N) is 1. The van der Waals surface area contributed by atoms with Gasteiger partial charge in [-0.2, -0.15) is 0 Å². The molecule has 0 bridgehead atoms. The third-order valence-electron chi connectivity index (χ3n) is 12.0. The predicted molar refractivity (Wildman–Crippen MR) is 217 cm³/mol. The monoisotopic (exact) mass is 657 g/mol. The minimum atomic E-state index is -0.338. The summed E-state index contributed by atoms with van der Waals surface area (Å²) in [4.78, 5) is 2.49. The Morgan fingerprint density at radius 2 is 0.846 bits per heavy atom. The van der Waals surface area contributed by atoms with Crippen molar-refractivity contribution in [3.8, 4) is 44.5 Å². The van der Waals surface area contributed by atoms with Gasteiger partial charge in [0.1, 0.15) is 0 Å². The van der Waals surface area contributed by atoms with Gasteiger partial charge < -0.3 is 4.90 Å². The minimum absolute atomic E-state index is 0.338. The first kappa shape index (κ1) is 28.0. The number of anilines is 3. The van der Waals surface area contributed by atoms with E-state index in [0.717, 1.165) is 11.4 Å². The lowest BCUT2D eigenvalue weighted by atomic mass is 9.73. The van der Waals surface area contributed by atoms with Crippen LogP contribution in [0.15, 0.2) is 188 Å². The van der Waals surface area contributed by atoms with Gasteiger partial charge in [0.25, 0.3) is 0 Å². The molecule has 0 amide bonds. The normalized spacial score (nSPS) is 15.4. The molecule has 9 aromatic rings. The first-order chi connectivity index (χ1) is 25.8. The highest BCUT2D eigenvalue weighted by molar-refractivity contribution is 6.07.